The average Bonchev–Trinajstić information content (AvgIpc) is 2.42. The Morgan fingerprint density at radius 2 is 2.00 bits per heavy atom. The van der Waals surface area contributed by atoms with E-state index in [-0.39, 0.29) is 11.4 Å². The number of rotatable bonds is 3. The van der Waals surface area contributed by atoms with Crippen molar-refractivity contribution in [1.29, 1.82) is 0 Å². The van der Waals surface area contributed by atoms with Crippen LogP contribution in [0.5, 0.6) is 0 Å². The number of hydrogen-bond donors (Lipinski definition) is 1. The molecule has 3 heteroatoms. The summed E-state index contributed by atoms with van der Waals surface area (Å²) in [4.78, 5) is 12.3. The van der Waals surface area contributed by atoms with Crippen LogP contribution in [0, 0.1) is 24.2 Å². The lowest BCUT2D eigenvalue weighted by Crippen LogP contribution is -2.57. The van der Waals surface area contributed by atoms with E-state index in [1.807, 2.05) is 31.2 Å². The molecule has 0 radical (unpaired) electrons. The smallest absolute Gasteiger partial charge is 0.338 e. The molecule has 4 saturated carbocycles. The molecule has 1 aromatic rings. The summed E-state index contributed by atoms with van der Waals surface area (Å²) in [5.41, 5.74) is 1.24. The Labute approximate surface area is 131 Å². The van der Waals surface area contributed by atoms with Crippen LogP contribution in [0.25, 0.3) is 0 Å². The second-order valence-electron chi connectivity index (χ2n) is 8.13. The molecule has 4 fully saturated rings. The third-order valence-corrected chi connectivity index (χ3v) is 5.91. The fourth-order valence-corrected chi connectivity index (χ4v) is 5.64. The molecule has 4 bridgehead atoms. The quantitative estimate of drug-likeness (QED) is 0.869. The van der Waals surface area contributed by atoms with Crippen molar-refractivity contribution in [3.05, 3.63) is 35.4 Å². The van der Waals surface area contributed by atoms with E-state index in [0.29, 0.717) is 24.0 Å². The molecule has 4 aliphatic rings. The van der Waals surface area contributed by atoms with E-state index in [1.165, 1.54) is 6.42 Å². The van der Waals surface area contributed by atoms with Gasteiger partial charge in [0.25, 0.3) is 0 Å². The molecular formula is C19H24O3. The van der Waals surface area contributed by atoms with Crippen molar-refractivity contribution in [2.45, 2.75) is 51.0 Å². The van der Waals surface area contributed by atoms with E-state index in [4.69, 9.17) is 4.74 Å². The summed E-state index contributed by atoms with van der Waals surface area (Å²) in [5.74, 6) is 1.03. The van der Waals surface area contributed by atoms with Gasteiger partial charge in [0, 0.05) is 5.41 Å². The van der Waals surface area contributed by atoms with Crippen LogP contribution in [0.2, 0.25) is 0 Å². The minimum Gasteiger partial charge on any atom is -0.462 e. The number of hydrogen-bond acceptors (Lipinski definition) is 3. The highest BCUT2D eigenvalue weighted by Gasteiger charge is 2.57. The van der Waals surface area contributed by atoms with Crippen LogP contribution in [0.4, 0.5) is 0 Å². The second kappa shape index (κ2) is 4.82. The minimum atomic E-state index is -0.486. The van der Waals surface area contributed by atoms with Crippen LogP contribution in [0.15, 0.2) is 24.3 Å². The number of carbonyl (C=O) groups excluding carboxylic acids is 1. The van der Waals surface area contributed by atoms with E-state index in [9.17, 15) is 9.90 Å². The summed E-state index contributed by atoms with van der Waals surface area (Å²) in [5, 5.41) is 10.7. The lowest BCUT2D eigenvalue weighted by Gasteiger charge is -2.59. The zero-order valence-corrected chi connectivity index (χ0v) is 13.2. The van der Waals surface area contributed by atoms with Gasteiger partial charge in [-0.25, -0.2) is 4.79 Å². The fourth-order valence-electron chi connectivity index (χ4n) is 5.64. The maximum absolute atomic E-state index is 12.3. The molecule has 0 aliphatic heterocycles. The van der Waals surface area contributed by atoms with Gasteiger partial charge in [-0.15, -0.1) is 0 Å². The topological polar surface area (TPSA) is 46.5 Å². The van der Waals surface area contributed by atoms with Gasteiger partial charge < -0.3 is 9.84 Å². The van der Waals surface area contributed by atoms with Crippen molar-refractivity contribution in [3.8, 4) is 0 Å². The first-order chi connectivity index (χ1) is 10.5. The molecule has 118 valence electrons. The van der Waals surface area contributed by atoms with Gasteiger partial charge in [0.2, 0.25) is 0 Å². The third-order valence-electron chi connectivity index (χ3n) is 5.91. The third kappa shape index (κ3) is 2.45. The molecule has 22 heavy (non-hydrogen) atoms. The van der Waals surface area contributed by atoms with Gasteiger partial charge in [0.1, 0.15) is 0 Å². The lowest BCUT2D eigenvalue weighted by atomic mass is 9.48. The van der Waals surface area contributed by atoms with Crippen LogP contribution >= 0.6 is 0 Å². The number of esters is 1. The fraction of sp³-hybridized carbons (Fsp3) is 0.632. The Balaban J connectivity index is 1.46. The molecule has 0 heterocycles. The van der Waals surface area contributed by atoms with Crippen LogP contribution in [0.1, 0.15) is 54.4 Å². The van der Waals surface area contributed by atoms with Gasteiger partial charge in [-0.05, 0) is 69.4 Å². The predicted molar refractivity (Wildman–Crippen MR) is 83.5 cm³/mol. The first kappa shape index (κ1) is 14.3. The number of aliphatic hydroxyl groups is 1. The number of benzene rings is 1. The molecule has 3 nitrogen and oxygen atoms in total. The summed E-state index contributed by atoms with van der Waals surface area (Å²) in [6.07, 6.45) is 6.22. The zero-order chi connectivity index (χ0) is 15.4. The average molecular weight is 300 g/mol. The van der Waals surface area contributed by atoms with Gasteiger partial charge in [0.05, 0.1) is 17.8 Å². The van der Waals surface area contributed by atoms with E-state index in [0.717, 1.165) is 37.7 Å². The first-order valence-electron chi connectivity index (χ1n) is 8.42. The van der Waals surface area contributed by atoms with Crippen LogP contribution < -0.4 is 0 Å². The van der Waals surface area contributed by atoms with Gasteiger partial charge in [0.15, 0.2) is 0 Å². The molecule has 2 unspecified atom stereocenters. The van der Waals surface area contributed by atoms with Crippen LogP contribution in [0.3, 0.4) is 0 Å². The van der Waals surface area contributed by atoms with E-state index < -0.39 is 5.60 Å². The molecule has 1 N–H and O–H groups in total. The Kier molecular flexibility index (Phi) is 3.12. The van der Waals surface area contributed by atoms with Crippen molar-refractivity contribution in [1.82, 2.24) is 0 Å². The standard InChI is InChI=1S/C19H24O3/c1-13-3-2-4-16(5-13)17(20)22-12-18-7-14-6-15(8-18)10-19(21,9-14)11-18/h2-5,14-15,21H,6-12H2,1H3. The molecule has 1 aromatic carbocycles. The number of aryl methyl sites for hydroxylation is 1. The largest absolute Gasteiger partial charge is 0.462 e. The Morgan fingerprint density at radius 1 is 1.27 bits per heavy atom. The van der Waals surface area contributed by atoms with E-state index in [1.54, 1.807) is 0 Å². The summed E-state index contributed by atoms with van der Waals surface area (Å²) >= 11 is 0. The predicted octanol–water partition coefficient (Wildman–Crippen LogP) is 3.48. The van der Waals surface area contributed by atoms with Crippen molar-refractivity contribution >= 4 is 5.97 Å². The number of ether oxygens (including phenoxy) is 1. The van der Waals surface area contributed by atoms with Crippen molar-refractivity contribution in [2.75, 3.05) is 6.61 Å². The van der Waals surface area contributed by atoms with Gasteiger partial charge in [-0.2, -0.15) is 0 Å². The highest BCUT2D eigenvalue weighted by atomic mass is 16.5. The van der Waals surface area contributed by atoms with Gasteiger partial charge in [-0.1, -0.05) is 17.7 Å². The summed E-state index contributed by atoms with van der Waals surface area (Å²) in [6, 6.07) is 7.54. The van der Waals surface area contributed by atoms with Gasteiger partial charge >= 0.3 is 5.97 Å². The highest BCUT2D eigenvalue weighted by molar-refractivity contribution is 5.89. The normalized spacial score (nSPS) is 39.0. The Bertz CT molecular complexity index is 592. The summed E-state index contributed by atoms with van der Waals surface area (Å²) in [7, 11) is 0. The maximum atomic E-state index is 12.3. The molecule has 4 aliphatic carbocycles. The van der Waals surface area contributed by atoms with Crippen molar-refractivity contribution in [2.24, 2.45) is 17.3 Å². The molecule has 0 saturated heterocycles. The van der Waals surface area contributed by atoms with Crippen molar-refractivity contribution in [3.63, 3.8) is 0 Å². The van der Waals surface area contributed by atoms with E-state index >= 15 is 0 Å². The van der Waals surface area contributed by atoms with Crippen LogP contribution in [-0.4, -0.2) is 23.3 Å². The highest BCUT2D eigenvalue weighted by Crippen LogP contribution is 2.61. The lowest BCUT2D eigenvalue weighted by molar-refractivity contribution is -0.175. The first-order valence-corrected chi connectivity index (χ1v) is 8.42. The maximum Gasteiger partial charge on any atom is 0.338 e. The number of carbonyl (C=O) groups is 1. The van der Waals surface area contributed by atoms with E-state index in [2.05, 4.69) is 0 Å². The Hall–Kier alpha value is -1.35. The van der Waals surface area contributed by atoms with Gasteiger partial charge in [-0.3, -0.25) is 0 Å². The summed E-state index contributed by atoms with van der Waals surface area (Å²) < 4.78 is 5.66. The van der Waals surface area contributed by atoms with Crippen LogP contribution in [-0.2, 0) is 4.74 Å². The Morgan fingerprint density at radius 3 is 2.64 bits per heavy atom. The monoisotopic (exact) mass is 300 g/mol. The molecule has 0 spiro atoms. The second-order valence-corrected chi connectivity index (χ2v) is 8.13. The minimum absolute atomic E-state index is 0.0261. The zero-order valence-electron chi connectivity index (χ0n) is 13.2. The SMILES string of the molecule is Cc1cccc(C(=O)OCC23CC4CC(CC(O)(C4)C2)C3)c1. The van der Waals surface area contributed by atoms with Crippen molar-refractivity contribution < 1.29 is 14.6 Å². The molecule has 0 amide bonds. The molecular weight excluding hydrogens is 276 g/mol. The molecule has 0 aromatic heterocycles. The molecule has 5 rings (SSSR count). The summed E-state index contributed by atoms with van der Waals surface area (Å²) in [6.45, 7) is 2.44. The molecule has 2 atom stereocenters.